The summed E-state index contributed by atoms with van der Waals surface area (Å²) in [5.41, 5.74) is 1.76. The number of rotatable bonds is 7. The van der Waals surface area contributed by atoms with Gasteiger partial charge in [0.25, 0.3) is 5.91 Å². The van der Waals surface area contributed by atoms with E-state index in [0.29, 0.717) is 10.7 Å². The molecule has 9 heteroatoms. The van der Waals surface area contributed by atoms with Gasteiger partial charge in [-0.3, -0.25) is 14.5 Å². The fraction of sp³-hybridized carbons (Fsp3) is 0.160. The van der Waals surface area contributed by atoms with E-state index in [4.69, 9.17) is 4.42 Å². The lowest BCUT2D eigenvalue weighted by Gasteiger charge is -2.49. The Morgan fingerprint density at radius 1 is 1.09 bits per heavy atom. The average molecular weight is 493 g/mol. The highest BCUT2D eigenvalue weighted by atomic mass is 32.2. The van der Waals surface area contributed by atoms with E-state index in [1.165, 1.54) is 28.4 Å². The van der Waals surface area contributed by atoms with E-state index in [1.54, 1.807) is 6.26 Å². The third-order valence-electron chi connectivity index (χ3n) is 5.56. The summed E-state index contributed by atoms with van der Waals surface area (Å²) in [5, 5.41) is 12.2. The van der Waals surface area contributed by atoms with Crippen molar-refractivity contribution in [2.75, 3.05) is 5.75 Å². The van der Waals surface area contributed by atoms with E-state index in [1.807, 2.05) is 66.7 Å². The summed E-state index contributed by atoms with van der Waals surface area (Å²) < 4.78 is 5.40. The quantitative estimate of drug-likeness (QED) is 0.481. The van der Waals surface area contributed by atoms with Crippen molar-refractivity contribution >= 4 is 41.3 Å². The molecule has 7 nitrogen and oxygen atoms in total. The van der Waals surface area contributed by atoms with Gasteiger partial charge in [-0.1, -0.05) is 54.2 Å². The van der Waals surface area contributed by atoms with Crippen LogP contribution in [0.15, 0.2) is 92.9 Å². The van der Waals surface area contributed by atoms with Gasteiger partial charge in [0.15, 0.2) is 0 Å². The number of hydrogen-bond donors (Lipinski definition) is 2. The fourth-order valence-corrected chi connectivity index (χ4v) is 6.42. The second kappa shape index (κ2) is 9.44. The first-order valence-electron chi connectivity index (χ1n) is 10.6. The van der Waals surface area contributed by atoms with Crippen LogP contribution in [0.1, 0.15) is 5.56 Å². The van der Waals surface area contributed by atoms with Gasteiger partial charge in [0.2, 0.25) is 5.91 Å². The summed E-state index contributed by atoms with van der Waals surface area (Å²) in [6.45, 7) is 0. The van der Waals surface area contributed by atoms with Crippen LogP contribution in [0.25, 0.3) is 11.3 Å². The van der Waals surface area contributed by atoms with Gasteiger partial charge in [0.05, 0.1) is 12.7 Å². The van der Waals surface area contributed by atoms with Crippen molar-refractivity contribution in [3.8, 4) is 11.3 Å². The van der Waals surface area contributed by atoms with Gasteiger partial charge >= 0.3 is 5.97 Å². The van der Waals surface area contributed by atoms with E-state index in [0.717, 1.165) is 21.8 Å². The Labute approximate surface area is 204 Å². The van der Waals surface area contributed by atoms with Crippen LogP contribution in [-0.2, 0) is 20.8 Å². The van der Waals surface area contributed by atoms with Gasteiger partial charge in [0.1, 0.15) is 22.9 Å². The van der Waals surface area contributed by atoms with Crippen LogP contribution >= 0.6 is 23.5 Å². The van der Waals surface area contributed by atoms with Gasteiger partial charge in [0, 0.05) is 21.1 Å². The highest BCUT2D eigenvalue weighted by Gasteiger charge is 2.54. The lowest BCUT2D eigenvalue weighted by Crippen LogP contribution is -2.70. The zero-order chi connectivity index (χ0) is 23.7. The minimum absolute atomic E-state index is 0.0116. The van der Waals surface area contributed by atoms with Crippen LogP contribution in [0, 0.1) is 0 Å². The number of carboxylic acid groups (broad SMARTS) is 1. The van der Waals surface area contributed by atoms with Crippen molar-refractivity contribution < 1.29 is 23.9 Å². The molecule has 0 bridgehead atoms. The highest BCUT2D eigenvalue weighted by Crippen LogP contribution is 2.45. The molecule has 2 aliphatic heterocycles. The second-order valence-corrected chi connectivity index (χ2v) is 10.1. The van der Waals surface area contributed by atoms with Crippen molar-refractivity contribution in [3.63, 3.8) is 0 Å². The number of benzene rings is 2. The number of aliphatic carboxylic acids is 1. The first kappa shape index (κ1) is 22.4. The standard InChI is InChI=1S/C25H20N2O5S2/c28-20(13-15-5-2-1-3-6-15)26-21-23(29)27-22(25(30)31)19(14-33-24(21)27)34-17-10-8-16(9-11-17)18-7-4-12-32-18/h1-12,21,24H,13-14H2,(H,26,28)(H,30,31)/t21-,24+/m1/s1. The predicted molar refractivity (Wildman–Crippen MR) is 130 cm³/mol. The number of nitrogens with one attached hydrogen (secondary N) is 1. The molecule has 0 spiro atoms. The predicted octanol–water partition coefficient (Wildman–Crippen LogP) is 3.98. The summed E-state index contributed by atoms with van der Waals surface area (Å²) in [6, 6.07) is 19.8. The molecule has 0 saturated carbocycles. The Bertz CT molecular complexity index is 1260. The molecule has 3 heterocycles. The molecule has 2 aromatic carbocycles. The maximum absolute atomic E-state index is 12.9. The molecular weight excluding hydrogens is 472 g/mol. The molecule has 0 aliphatic carbocycles. The van der Waals surface area contributed by atoms with Crippen molar-refractivity contribution in [1.82, 2.24) is 10.2 Å². The number of furan rings is 1. The van der Waals surface area contributed by atoms with E-state index >= 15 is 0 Å². The summed E-state index contributed by atoms with van der Waals surface area (Å²) in [4.78, 5) is 40.1. The SMILES string of the molecule is O=C(Cc1ccccc1)N[C@@H]1C(=O)N2C(C(=O)O)=C(Sc3ccc(-c4ccco4)cc3)CS[C@@H]12. The second-order valence-electron chi connectivity index (χ2n) is 7.80. The van der Waals surface area contributed by atoms with Crippen LogP contribution in [-0.4, -0.2) is 45.0 Å². The van der Waals surface area contributed by atoms with Gasteiger partial charge in [-0.05, 0) is 29.8 Å². The molecule has 1 fully saturated rings. The Balaban J connectivity index is 1.29. The number of nitrogens with zero attached hydrogens (tertiary/aromatic N) is 1. The Hall–Kier alpha value is -3.43. The average Bonchev–Trinajstić information content (AvgIpc) is 3.38. The number of carbonyl (C=O) groups is 3. The minimum atomic E-state index is -1.15. The van der Waals surface area contributed by atoms with Crippen molar-refractivity contribution in [2.45, 2.75) is 22.7 Å². The van der Waals surface area contributed by atoms with Gasteiger partial charge in [-0.25, -0.2) is 4.79 Å². The molecular formula is C25H20N2O5S2. The Morgan fingerprint density at radius 3 is 2.53 bits per heavy atom. The first-order valence-corrected chi connectivity index (χ1v) is 12.4. The van der Waals surface area contributed by atoms with Crippen LogP contribution in [0.3, 0.4) is 0 Å². The van der Waals surface area contributed by atoms with Gasteiger partial charge in [-0.2, -0.15) is 0 Å². The van der Waals surface area contributed by atoms with Crippen LogP contribution in [0.4, 0.5) is 0 Å². The van der Waals surface area contributed by atoms with Crippen molar-refractivity contribution in [3.05, 3.63) is 89.2 Å². The number of hydrogen-bond acceptors (Lipinski definition) is 6. The van der Waals surface area contributed by atoms with E-state index < -0.39 is 23.3 Å². The summed E-state index contributed by atoms with van der Waals surface area (Å²) in [7, 11) is 0. The third kappa shape index (κ3) is 4.36. The first-order chi connectivity index (χ1) is 16.5. The minimum Gasteiger partial charge on any atom is -0.477 e. The molecule has 1 saturated heterocycles. The molecule has 2 amide bonds. The van der Waals surface area contributed by atoms with Crippen molar-refractivity contribution in [1.29, 1.82) is 0 Å². The molecule has 34 heavy (non-hydrogen) atoms. The van der Waals surface area contributed by atoms with E-state index in [2.05, 4.69) is 5.32 Å². The zero-order valence-electron chi connectivity index (χ0n) is 17.8. The molecule has 5 rings (SSSR count). The molecule has 2 N–H and O–H groups in total. The van der Waals surface area contributed by atoms with Crippen LogP contribution in [0.2, 0.25) is 0 Å². The monoisotopic (exact) mass is 492 g/mol. The normalized spacial score (nSPS) is 19.4. The smallest absolute Gasteiger partial charge is 0.353 e. The maximum Gasteiger partial charge on any atom is 0.353 e. The number of carbonyl (C=O) groups excluding carboxylic acids is 2. The largest absolute Gasteiger partial charge is 0.477 e. The van der Waals surface area contributed by atoms with Crippen LogP contribution in [0.5, 0.6) is 0 Å². The Morgan fingerprint density at radius 2 is 1.85 bits per heavy atom. The molecule has 1 aromatic heterocycles. The highest BCUT2D eigenvalue weighted by molar-refractivity contribution is 8.06. The zero-order valence-corrected chi connectivity index (χ0v) is 19.5. The molecule has 2 atom stereocenters. The Kier molecular flexibility index (Phi) is 6.21. The van der Waals surface area contributed by atoms with Gasteiger partial charge < -0.3 is 14.8 Å². The fourth-order valence-electron chi connectivity index (χ4n) is 3.95. The molecule has 2 aliphatic rings. The summed E-state index contributed by atoms with van der Waals surface area (Å²) in [6.07, 6.45) is 1.78. The molecule has 172 valence electrons. The third-order valence-corrected chi connectivity index (χ3v) is 8.12. The van der Waals surface area contributed by atoms with Crippen LogP contribution < -0.4 is 5.32 Å². The molecule has 0 unspecified atom stereocenters. The number of thioether (sulfide) groups is 2. The van der Waals surface area contributed by atoms with E-state index in [9.17, 15) is 19.5 Å². The topological polar surface area (TPSA) is 99.9 Å². The lowest BCUT2D eigenvalue weighted by molar-refractivity contribution is -0.150. The molecule has 0 radical (unpaired) electrons. The molecule has 3 aromatic rings. The maximum atomic E-state index is 12.9. The number of β-lactam (4-membered cyclic amide) rings is 1. The number of carboxylic acids is 1. The van der Waals surface area contributed by atoms with Gasteiger partial charge in [-0.15, -0.1) is 11.8 Å². The summed E-state index contributed by atoms with van der Waals surface area (Å²) >= 11 is 2.79. The van der Waals surface area contributed by atoms with Crippen molar-refractivity contribution in [2.24, 2.45) is 0 Å². The number of amides is 2. The summed E-state index contributed by atoms with van der Waals surface area (Å²) in [5.74, 6) is -0.622. The lowest BCUT2D eigenvalue weighted by atomic mass is 10.0. The number of fused-ring (bicyclic) bond motifs is 1. The van der Waals surface area contributed by atoms with E-state index in [-0.39, 0.29) is 18.0 Å².